The molecule has 4 rings (SSSR count). The Balaban J connectivity index is 1.66. The lowest BCUT2D eigenvalue weighted by Gasteiger charge is -2.35. The van der Waals surface area contributed by atoms with Crippen molar-refractivity contribution in [1.29, 1.82) is 0 Å². The maximum atomic E-state index is 13.4. The predicted octanol–water partition coefficient (Wildman–Crippen LogP) is -0.196. The van der Waals surface area contributed by atoms with E-state index in [-0.39, 0.29) is 30.4 Å². The number of nitrogens with one attached hydrogen (secondary N) is 2. The topological polar surface area (TPSA) is 108 Å². The second kappa shape index (κ2) is 7.42. The van der Waals surface area contributed by atoms with E-state index < -0.39 is 29.5 Å². The Morgan fingerprint density at radius 3 is 2.69 bits per heavy atom. The molecule has 3 saturated heterocycles. The summed E-state index contributed by atoms with van der Waals surface area (Å²) in [5.74, 6) is -2.16. The summed E-state index contributed by atoms with van der Waals surface area (Å²) in [5, 5.41) is 15.3. The first-order valence-electron chi connectivity index (χ1n) is 10.1. The molecule has 1 aromatic rings. The third-order valence-electron chi connectivity index (χ3n) is 6.58. The number of hydrogen-bond donors (Lipinski definition) is 3. The molecule has 6 atom stereocenters. The predicted molar refractivity (Wildman–Crippen MR) is 103 cm³/mol. The van der Waals surface area contributed by atoms with Gasteiger partial charge in [-0.25, -0.2) is 0 Å². The van der Waals surface area contributed by atoms with Gasteiger partial charge in [0.1, 0.15) is 11.6 Å². The summed E-state index contributed by atoms with van der Waals surface area (Å²) in [4.78, 5) is 40.6. The number of aliphatic hydroxyl groups excluding tert-OH is 1. The maximum Gasteiger partial charge on any atom is 0.246 e. The van der Waals surface area contributed by atoms with E-state index >= 15 is 0 Å². The van der Waals surface area contributed by atoms with Gasteiger partial charge < -0.3 is 25.4 Å². The molecular weight excluding hydrogens is 374 g/mol. The Bertz CT molecular complexity index is 816. The third-order valence-corrected chi connectivity index (χ3v) is 6.58. The van der Waals surface area contributed by atoms with Crippen LogP contribution in [-0.2, 0) is 25.7 Å². The molecule has 3 N–H and O–H groups in total. The average molecular weight is 401 g/mol. The highest BCUT2D eigenvalue weighted by molar-refractivity contribution is 5.99. The zero-order valence-electron chi connectivity index (χ0n) is 16.6. The van der Waals surface area contributed by atoms with Crippen molar-refractivity contribution in [3.63, 3.8) is 0 Å². The zero-order chi connectivity index (χ0) is 20.8. The van der Waals surface area contributed by atoms with Crippen LogP contribution in [0.5, 0.6) is 0 Å². The van der Waals surface area contributed by atoms with E-state index in [2.05, 4.69) is 10.6 Å². The number of fused-ring (bicyclic) bond motifs is 1. The number of carbonyl (C=O) groups excluding carboxylic acids is 3. The second-order valence-electron chi connectivity index (χ2n) is 8.15. The molecule has 156 valence electrons. The third kappa shape index (κ3) is 2.93. The van der Waals surface area contributed by atoms with Crippen LogP contribution in [0, 0.1) is 11.8 Å². The largest absolute Gasteiger partial charge is 0.394 e. The van der Waals surface area contributed by atoms with Crippen molar-refractivity contribution in [2.75, 3.05) is 13.7 Å². The smallest absolute Gasteiger partial charge is 0.246 e. The van der Waals surface area contributed by atoms with Crippen LogP contribution in [0.1, 0.15) is 25.3 Å². The van der Waals surface area contributed by atoms with E-state index in [4.69, 9.17) is 4.74 Å². The molecule has 8 nitrogen and oxygen atoms in total. The highest BCUT2D eigenvalue weighted by Crippen LogP contribution is 2.58. The Morgan fingerprint density at radius 1 is 1.31 bits per heavy atom. The molecule has 1 aromatic carbocycles. The first-order chi connectivity index (χ1) is 13.9. The Labute approximate surface area is 169 Å². The van der Waals surface area contributed by atoms with Gasteiger partial charge >= 0.3 is 0 Å². The number of carbonyl (C=O) groups is 3. The van der Waals surface area contributed by atoms with Crippen molar-refractivity contribution < 1.29 is 24.2 Å². The summed E-state index contributed by atoms with van der Waals surface area (Å²) in [5.41, 5.74) is -0.0794. The lowest BCUT2D eigenvalue weighted by atomic mass is 9.70. The molecule has 3 heterocycles. The summed E-state index contributed by atoms with van der Waals surface area (Å²) >= 11 is 0. The number of benzene rings is 1. The van der Waals surface area contributed by atoms with Crippen LogP contribution in [-0.4, -0.2) is 65.2 Å². The molecule has 3 aliphatic rings. The summed E-state index contributed by atoms with van der Waals surface area (Å²) in [7, 11) is 1.54. The molecule has 2 unspecified atom stereocenters. The molecule has 1 spiro atoms. The van der Waals surface area contributed by atoms with Crippen molar-refractivity contribution in [3.05, 3.63) is 35.9 Å². The summed E-state index contributed by atoms with van der Waals surface area (Å²) in [6.45, 7) is 1.76. The van der Waals surface area contributed by atoms with Gasteiger partial charge in [-0.1, -0.05) is 30.3 Å². The van der Waals surface area contributed by atoms with Crippen LogP contribution in [0.25, 0.3) is 0 Å². The highest BCUT2D eigenvalue weighted by Gasteiger charge is 2.74. The number of rotatable bonds is 6. The number of amides is 3. The molecule has 0 aliphatic carbocycles. The minimum Gasteiger partial charge on any atom is -0.394 e. The van der Waals surface area contributed by atoms with Gasteiger partial charge in [0.2, 0.25) is 17.7 Å². The molecular formula is C21H27N3O5. The lowest BCUT2D eigenvalue weighted by molar-refractivity contribution is -0.145. The molecule has 29 heavy (non-hydrogen) atoms. The fraction of sp³-hybridized carbons (Fsp3) is 0.571. The monoisotopic (exact) mass is 401 g/mol. The van der Waals surface area contributed by atoms with Crippen LogP contribution in [0.4, 0.5) is 0 Å². The Kier molecular flexibility index (Phi) is 5.08. The van der Waals surface area contributed by atoms with Gasteiger partial charge in [0.15, 0.2) is 0 Å². The van der Waals surface area contributed by atoms with Crippen molar-refractivity contribution in [2.45, 2.75) is 50.1 Å². The lowest BCUT2D eigenvalue weighted by Crippen LogP contribution is -2.57. The van der Waals surface area contributed by atoms with Crippen LogP contribution in [0.3, 0.4) is 0 Å². The van der Waals surface area contributed by atoms with Crippen LogP contribution in [0.15, 0.2) is 30.3 Å². The molecule has 0 aromatic heterocycles. The van der Waals surface area contributed by atoms with Gasteiger partial charge in [-0.3, -0.25) is 14.4 Å². The van der Waals surface area contributed by atoms with Crippen molar-refractivity contribution in [1.82, 2.24) is 15.5 Å². The highest BCUT2D eigenvalue weighted by atomic mass is 16.5. The number of likely N-dealkylation sites (tertiary alicyclic amines) is 1. The normalized spacial score (nSPS) is 33.5. The van der Waals surface area contributed by atoms with Crippen LogP contribution < -0.4 is 10.6 Å². The summed E-state index contributed by atoms with van der Waals surface area (Å²) in [6, 6.07) is 8.09. The summed E-state index contributed by atoms with van der Waals surface area (Å²) < 4.78 is 6.23. The van der Waals surface area contributed by atoms with Crippen molar-refractivity contribution in [2.24, 2.45) is 11.8 Å². The van der Waals surface area contributed by atoms with Gasteiger partial charge in [-0.05, 0) is 25.3 Å². The molecule has 0 saturated carbocycles. The van der Waals surface area contributed by atoms with Gasteiger partial charge in [-0.2, -0.15) is 0 Å². The fourth-order valence-corrected chi connectivity index (χ4v) is 5.30. The quantitative estimate of drug-likeness (QED) is 0.612. The van der Waals surface area contributed by atoms with Gasteiger partial charge in [0, 0.05) is 13.6 Å². The molecule has 0 radical (unpaired) electrons. The van der Waals surface area contributed by atoms with E-state index in [0.717, 1.165) is 5.56 Å². The van der Waals surface area contributed by atoms with Crippen molar-refractivity contribution >= 4 is 17.7 Å². The number of ether oxygens (including phenoxy) is 1. The molecule has 3 fully saturated rings. The van der Waals surface area contributed by atoms with Crippen molar-refractivity contribution in [3.8, 4) is 0 Å². The summed E-state index contributed by atoms with van der Waals surface area (Å²) in [6.07, 6.45) is 0.811. The zero-order valence-corrected chi connectivity index (χ0v) is 16.6. The minimum atomic E-state index is -1.02. The van der Waals surface area contributed by atoms with E-state index in [0.29, 0.717) is 19.4 Å². The average Bonchev–Trinajstić information content (AvgIpc) is 3.39. The van der Waals surface area contributed by atoms with E-state index in [1.165, 1.54) is 4.90 Å². The van der Waals surface area contributed by atoms with Gasteiger partial charge in [-0.15, -0.1) is 0 Å². The van der Waals surface area contributed by atoms with Crippen LogP contribution in [0.2, 0.25) is 0 Å². The minimum absolute atomic E-state index is 0.239. The first kappa shape index (κ1) is 19.8. The number of nitrogens with zero attached hydrogens (tertiary/aromatic N) is 1. The van der Waals surface area contributed by atoms with Gasteiger partial charge in [0.05, 0.1) is 30.6 Å². The number of aliphatic hydroxyl groups is 1. The molecule has 2 bridgehead atoms. The molecule has 3 amide bonds. The van der Waals surface area contributed by atoms with Gasteiger partial charge in [0.25, 0.3) is 0 Å². The fourth-order valence-electron chi connectivity index (χ4n) is 5.30. The molecule has 3 aliphatic heterocycles. The first-order valence-corrected chi connectivity index (χ1v) is 10.1. The molecule has 8 heteroatoms. The standard InChI is InChI=1S/C21H27N3O5/c1-12(11-25)24-17(19(27)23-10-13-6-4-3-5-7-13)21-9-8-14(29-21)15(18(26)22-2)16(21)20(24)28/h3-7,12,14-17,25H,8-11H2,1-2H3,(H,22,26)(H,23,27)/t12-,14-,15+,16+,17?,21?/m1/s1. The van der Waals surface area contributed by atoms with Crippen LogP contribution >= 0.6 is 0 Å². The Morgan fingerprint density at radius 2 is 2.03 bits per heavy atom. The van der Waals surface area contributed by atoms with E-state index in [1.54, 1.807) is 14.0 Å². The van der Waals surface area contributed by atoms with E-state index in [9.17, 15) is 19.5 Å². The number of hydrogen-bond acceptors (Lipinski definition) is 5. The SMILES string of the molecule is CNC(=O)[C@@H]1[C@H]2C(=O)N([C@H](C)CO)C(C(=O)NCc3ccccc3)C23CC[C@H]1O3. The Hall–Kier alpha value is -2.45. The van der Waals surface area contributed by atoms with E-state index in [1.807, 2.05) is 30.3 Å². The second-order valence-corrected chi connectivity index (χ2v) is 8.15. The maximum absolute atomic E-state index is 13.4.